The van der Waals surface area contributed by atoms with Gasteiger partial charge in [0.15, 0.2) is 0 Å². The van der Waals surface area contributed by atoms with Gasteiger partial charge in [-0.1, -0.05) is 13.3 Å². The van der Waals surface area contributed by atoms with Crippen LogP contribution in [-0.2, 0) is 11.3 Å². The van der Waals surface area contributed by atoms with Crippen LogP contribution in [0, 0.1) is 17.0 Å². The van der Waals surface area contributed by atoms with Crippen molar-refractivity contribution in [1.29, 1.82) is 0 Å². The number of nitrogens with one attached hydrogen (secondary N) is 1. The Labute approximate surface area is 123 Å². The van der Waals surface area contributed by atoms with Gasteiger partial charge in [0.25, 0.3) is 0 Å². The third-order valence-electron chi connectivity index (χ3n) is 3.07. The molecule has 118 valence electrons. The molecule has 0 unspecified atom stereocenters. The monoisotopic (exact) mass is 298 g/mol. The van der Waals surface area contributed by atoms with Gasteiger partial charge in [0.1, 0.15) is 5.69 Å². The summed E-state index contributed by atoms with van der Waals surface area (Å²) >= 11 is 0. The zero-order valence-electron chi connectivity index (χ0n) is 12.5. The molecule has 0 bridgehead atoms. The first-order valence-electron chi connectivity index (χ1n) is 7.14. The fourth-order valence-electron chi connectivity index (χ4n) is 2.12. The number of nitrogens with zero attached hydrogens (tertiary/aromatic N) is 3. The van der Waals surface area contributed by atoms with Crippen molar-refractivity contribution in [2.45, 2.75) is 52.5 Å². The van der Waals surface area contributed by atoms with E-state index in [-0.39, 0.29) is 12.1 Å². The minimum absolute atomic E-state index is 0.0222. The SMILES string of the molecule is CCCn1nc(C)c([N+](=O)[O-])c1NCCCCCC(=O)O. The van der Waals surface area contributed by atoms with E-state index in [4.69, 9.17) is 5.11 Å². The van der Waals surface area contributed by atoms with E-state index in [1.165, 1.54) is 0 Å². The number of aromatic nitrogens is 2. The first-order chi connectivity index (χ1) is 9.97. The Kier molecular flexibility index (Phi) is 6.64. The first kappa shape index (κ1) is 16.9. The van der Waals surface area contributed by atoms with Crippen molar-refractivity contribution in [3.8, 4) is 0 Å². The highest BCUT2D eigenvalue weighted by Gasteiger charge is 2.24. The normalized spacial score (nSPS) is 10.6. The molecule has 1 aromatic rings. The van der Waals surface area contributed by atoms with Gasteiger partial charge in [0.05, 0.1) is 4.92 Å². The number of carboxylic acids is 1. The molecule has 8 nitrogen and oxygen atoms in total. The first-order valence-corrected chi connectivity index (χ1v) is 7.14. The maximum absolute atomic E-state index is 11.1. The average Bonchev–Trinajstić information content (AvgIpc) is 2.70. The third-order valence-corrected chi connectivity index (χ3v) is 3.07. The lowest BCUT2D eigenvalue weighted by Gasteiger charge is -2.08. The molecule has 0 aromatic carbocycles. The van der Waals surface area contributed by atoms with Gasteiger partial charge in [-0.25, -0.2) is 4.68 Å². The summed E-state index contributed by atoms with van der Waals surface area (Å²) in [5.41, 5.74) is 0.427. The predicted octanol–water partition coefficient (Wildman–Crippen LogP) is 2.57. The molecule has 21 heavy (non-hydrogen) atoms. The lowest BCUT2D eigenvalue weighted by Crippen LogP contribution is -2.10. The molecule has 0 aliphatic heterocycles. The Morgan fingerprint density at radius 2 is 2.14 bits per heavy atom. The van der Waals surface area contributed by atoms with Crippen LogP contribution in [0.1, 0.15) is 44.7 Å². The topological polar surface area (TPSA) is 110 Å². The lowest BCUT2D eigenvalue weighted by molar-refractivity contribution is -0.384. The summed E-state index contributed by atoms with van der Waals surface area (Å²) in [5.74, 6) is -0.354. The summed E-state index contributed by atoms with van der Waals surface area (Å²) in [6.45, 7) is 4.80. The number of rotatable bonds is 10. The molecule has 2 N–H and O–H groups in total. The zero-order chi connectivity index (χ0) is 15.8. The van der Waals surface area contributed by atoms with Gasteiger partial charge >= 0.3 is 11.7 Å². The Bertz CT molecular complexity index is 499. The number of hydrogen-bond acceptors (Lipinski definition) is 5. The maximum atomic E-state index is 11.1. The molecule has 0 atom stereocenters. The van der Waals surface area contributed by atoms with Crippen LogP contribution < -0.4 is 5.32 Å². The fraction of sp³-hybridized carbons (Fsp3) is 0.692. The quantitative estimate of drug-likeness (QED) is 0.390. The summed E-state index contributed by atoms with van der Waals surface area (Å²) in [4.78, 5) is 21.1. The Morgan fingerprint density at radius 3 is 2.71 bits per heavy atom. The van der Waals surface area contributed by atoms with Gasteiger partial charge in [-0.15, -0.1) is 0 Å². The largest absolute Gasteiger partial charge is 0.481 e. The summed E-state index contributed by atoms with van der Waals surface area (Å²) < 4.78 is 1.63. The van der Waals surface area contributed by atoms with Crippen molar-refractivity contribution in [3.05, 3.63) is 15.8 Å². The molecule has 0 aliphatic rings. The molecule has 0 fully saturated rings. The number of unbranched alkanes of at least 4 members (excludes halogenated alkanes) is 2. The molecule has 1 aromatic heterocycles. The molecular formula is C13H22N4O4. The van der Waals surface area contributed by atoms with Crippen LogP contribution in [-0.4, -0.2) is 32.3 Å². The Hall–Kier alpha value is -2.12. The zero-order valence-corrected chi connectivity index (χ0v) is 12.5. The number of nitro groups is 1. The fourth-order valence-corrected chi connectivity index (χ4v) is 2.12. The van der Waals surface area contributed by atoms with Crippen molar-refractivity contribution in [2.75, 3.05) is 11.9 Å². The van der Waals surface area contributed by atoms with Gasteiger partial charge in [-0.3, -0.25) is 14.9 Å². The van der Waals surface area contributed by atoms with E-state index in [0.717, 1.165) is 19.3 Å². The average molecular weight is 298 g/mol. The minimum atomic E-state index is -0.796. The van der Waals surface area contributed by atoms with Crippen LogP contribution in [0.5, 0.6) is 0 Å². The Balaban J connectivity index is 2.59. The maximum Gasteiger partial charge on any atom is 0.333 e. The molecule has 8 heteroatoms. The van der Waals surface area contributed by atoms with Crippen LogP contribution in [0.25, 0.3) is 0 Å². The highest BCUT2D eigenvalue weighted by atomic mass is 16.6. The van der Waals surface area contributed by atoms with E-state index in [1.807, 2.05) is 6.92 Å². The molecule has 1 heterocycles. The second-order valence-corrected chi connectivity index (χ2v) is 4.89. The van der Waals surface area contributed by atoms with Gasteiger partial charge < -0.3 is 10.4 Å². The van der Waals surface area contributed by atoms with Gasteiger partial charge in [-0.2, -0.15) is 5.10 Å². The highest BCUT2D eigenvalue weighted by molar-refractivity contribution is 5.66. The van der Waals surface area contributed by atoms with E-state index in [2.05, 4.69) is 10.4 Å². The van der Waals surface area contributed by atoms with E-state index in [9.17, 15) is 14.9 Å². The summed E-state index contributed by atoms with van der Waals surface area (Å²) in [5, 5.41) is 26.9. The highest BCUT2D eigenvalue weighted by Crippen LogP contribution is 2.28. The molecule has 1 rings (SSSR count). The number of anilines is 1. The third kappa shape index (κ3) is 5.05. The number of carboxylic acid groups (broad SMARTS) is 1. The van der Waals surface area contributed by atoms with Crippen molar-refractivity contribution < 1.29 is 14.8 Å². The van der Waals surface area contributed by atoms with E-state index in [1.54, 1.807) is 11.6 Å². The molecule has 0 saturated heterocycles. The number of hydrogen-bond donors (Lipinski definition) is 2. The molecular weight excluding hydrogens is 276 g/mol. The number of carbonyl (C=O) groups is 1. The van der Waals surface area contributed by atoms with Gasteiger partial charge in [0, 0.05) is 19.5 Å². The second kappa shape index (κ2) is 8.23. The molecule has 0 spiro atoms. The van der Waals surface area contributed by atoms with Crippen LogP contribution in [0.4, 0.5) is 11.5 Å². The molecule has 0 aliphatic carbocycles. The second-order valence-electron chi connectivity index (χ2n) is 4.89. The summed E-state index contributed by atoms with van der Waals surface area (Å²) in [6.07, 6.45) is 3.15. The number of aryl methyl sites for hydroxylation is 2. The number of aliphatic carboxylic acids is 1. The van der Waals surface area contributed by atoms with E-state index in [0.29, 0.717) is 31.0 Å². The van der Waals surface area contributed by atoms with Gasteiger partial charge in [0.2, 0.25) is 5.82 Å². The van der Waals surface area contributed by atoms with Crippen LogP contribution in [0.3, 0.4) is 0 Å². The molecule has 0 radical (unpaired) electrons. The van der Waals surface area contributed by atoms with Crippen molar-refractivity contribution in [2.24, 2.45) is 0 Å². The Morgan fingerprint density at radius 1 is 1.43 bits per heavy atom. The van der Waals surface area contributed by atoms with Crippen molar-refractivity contribution in [3.63, 3.8) is 0 Å². The van der Waals surface area contributed by atoms with E-state index < -0.39 is 10.9 Å². The minimum Gasteiger partial charge on any atom is -0.481 e. The van der Waals surface area contributed by atoms with Crippen LogP contribution in [0.15, 0.2) is 0 Å². The molecule has 0 saturated carbocycles. The molecule has 0 amide bonds. The van der Waals surface area contributed by atoms with Crippen molar-refractivity contribution >= 4 is 17.5 Å². The van der Waals surface area contributed by atoms with E-state index >= 15 is 0 Å². The summed E-state index contributed by atoms with van der Waals surface area (Å²) in [6, 6.07) is 0. The van der Waals surface area contributed by atoms with Crippen LogP contribution >= 0.6 is 0 Å². The van der Waals surface area contributed by atoms with Gasteiger partial charge in [-0.05, 0) is 26.2 Å². The van der Waals surface area contributed by atoms with Crippen molar-refractivity contribution in [1.82, 2.24) is 9.78 Å². The lowest BCUT2D eigenvalue weighted by atomic mass is 10.2. The standard InChI is InChI=1S/C13H22N4O4/c1-3-9-16-13(12(17(20)21)10(2)15-16)14-8-6-4-5-7-11(18)19/h14H,3-9H2,1-2H3,(H,18,19). The smallest absolute Gasteiger partial charge is 0.333 e. The summed E-state index contributed by atoms with van der Waals surface area (Å²) in [7, 11) is 0. The predicted molar refractivity (Wildman–Crippen MR) is 78.5 cm³/mol. The van der Waals surface area contributed by atoms with Crippen LogP contribution in [0.2, 0.25) is 0 Å².